The van der Waals surface area contributed by atoms with E-state index in [1.165, 1.54) is 11.1 Å². The van der Waals surface area contributed by atoms with Gasteiger partial charge in [-0.25, -0.2) is 4.98 Å². The van der Waals surface area contributed by atoms with Gasteiger partial charge in [0.25, 0.3) is 0 Å². The molecule has 2 aromatic rings. The Labute approximate surface area is 157 Å². The first-order valence-corrected chi connectivity index (χ1v) is 9.47. The van der Waals surface area contributed by atoms with E-state index in [9.17, 15) is 0 Å². The molecule has 1 aromatic heterocycles. The van der Waals surface area contributed by atoms with Gasteiger partial charge in [0.15, 0.2) is 11.3 Å². The van der Waals surface area contributed by atoms with Crippen LogP contribution in [0, 0.1) is 6.92 Å². The monoisotopic (exact) mass is 355 g/mol. The second-order valence-electron chi connectivity index (χ2n) is 6.84. The third-order valence-corrected chi connectivity index (χ3v) is 4.74. The van der Waals surface area contributed by atoms with Crippen molar-refractivity contribution >= 4 is 23.1 Å². The van der Waals surface area contributed by atoms with Gasteiger partial charge < -0.3 is 9.80 Å². The van der Waals surface area contributed by atoms with Crippen molar-refractivity contribution in [1.82, 2.24) is 14.5 Å². The summed E-state index contributed by atoms with van der Waals surface area (Å²) in [7, 11) is 6.05. The SMILES string of the molecule is C/C=C\n1c(=NC)c(N(CC)CCN(C)C)nc2cc(CC)c(C)cc21. The molecular weight excluding hydrogens is 322 g/mol. The number of likely N-dealkylation sites (N-methyl/N-ethyl adjacent to an activating group) is 2. The zero-order valence-electron chi connectivity index (χ0n) is 17.4. The summed E-state index contributed by atoms with van der Waals surface area (Å²) in [6, 6.07) is 4.46. The standard InChI is InChI=1S/C21H33N5/c1-8-11-26-19-14-16(4)17(9-2)15-18(19)23-21(20(26)22-5)25(10-3)13-12-24(6)7/h8,11,14-15H,9-10,12-13H2,1-7H3/b11-8-,22-20?. The van der Waals surface area contributed by atoms with Gasteiger partial charge in [0, 0.05) is 32.9 Å². The molecule has 1 heterocycles. The molecule has 0 saturated heterocycles. The smallest absolute Gasteiger partial charge is 0.175 e. The van der Waals surface area contributed by atoms with Crippen LogP contribution in [0.5, 0.6) is 0 Å². The molecule has 0 atom stereocenters. The first kappa shape index (κ1) is 20.2. The molecule has 0 N–H and O–H groups in total. The predicted octanol–water partition coefficient (Wildman–Crippen LogP) is 3.32. The van der Waals surface area contributed by atoms with Gasteiger partial charge in [-0.3, -0.25) is 9.56 Å². The maximum atomic E-state index is 5.05. The molecule has 5 heteroatoms. The number of rotatable bonds is 7. The van der Waals surface area contributed by atoms with Crippen LogP contribution >= 0.6 is 0 Å². The molecule has 142 valence electrons. The molecule has 0 unspecified atom stereocenters. The average Bonchev–Trinajstić information content (AvgIpc) is 2.62. The molecule has 0 aliphatic carbocycles. The van der Waals surface area contributed by atoms with Gasteiger partial charge >= 0.3 is 0 Å². The zero-order valence-corrected chi connectivity index (χ0v) is 17.4. The van der Waals surface area contributed by atoms with Crippen molar-refractivity contribution in [1.29, 1.82) is 0 Å². The molecular formula is C21H33N5. The van der Waals surface area contributed by atoms with Gasteiger partial charge in [-0.1, -0.05) is 13.0 Å². The third kappa shape index (κ3) is 4.15. The fourth-order valence-electron chi connectivity index (χ4n) is 3.23. The van der Waals surface area contributed by atoms with Crippen LogP contribution in [-0.4, -0.2) is 55.2 Å². The van der Waals surface area contributed by atoms with Gasteiger partial charge in [0.05, 0.1) is 11.0 Å². The fraction of sp³-hybridized carbons (Fsp3) is 0.524. The molecule has 0 saturated carbocycles. The van der Waals surface area contributed by atoms with Gasteiger partial charge in [-0.2, -0.15) is 0 Å². The van der Waals surface area contributed by atoms with Crippen LogP contribution in [0.15, 0.2) is 23.2 Å². The largest absolute Gasteiger partial charge is 0.353 e. The molecule has 0 aliphatic heterocycles. The number of aromatic nitrogens is 2. The van der Waals surface area contributed by atoms with E-state index in [1.54, 1.807) is 0 Å². The lowest BCUT2D eigenvalue weighted by Crippen LogP contribution is -2.37. The van der Waals surface area contributed by atoms with Crippen LogP contribution in [0.3, 0.4) is 0 Å². The second kappa shape index (κ2) is 8.99. The van der Waals surface area contributed by atoms with Crippen LogP contribution in [0.1, 0.15) is 31.9 Å². The molecule has 1 aromatic carbocycles. The number of anilines is 1. The molecule has 0 bridgehead atoms. The van der Waals surface area contributed by atoms with E-state index in [2.05, 4.69) is 78.6 Å². The molecule has 0 amide bonds. The van der Waals surface area contributed by atoms with E-state index in [0.29, 0.717) is 0 Å². The van der Waals surface area contributed by atoms with Crippen LogP contribution in [-0.2, 0) is 6.42 Å². The number of fused-ring (bicyclic) bond motifs is 1. The van der Waals surface area contributed by atoms with Gasteiger partial charge in [-0.05, 0) is 64.5 Å². The second-order valence-corrected chi connectivity index (χ2v) is 6.84. The highest BCUT2D eigenvalue weighted by molar-refractivity contribution is 5.80. The number of allylic oxidation sites excluding steroid dienone is 1. The van der Waals surface area contributed by atoms with E-state index >= 15 is 0 Å². The topological polar surface area (TPSA) is 36.7 Å². The lowest BCUT2D eigenvalue weighted by Gasteiger charge is -2.25. The molecule has 26 heavy (non-hydrogen) atoms. The third-order valence-electron chi connectivity index (χ3n) is 4.74. The van der Waals surface area contributed by atoms with Crippen LogP contribution < -0.4 is 10.4 Å². The summed E-state index contributed by atoms with van der Waals surface area (Å²) in [5.74, 6) is 0.952. The Hall–Kier alpha value is -2.14. The van der Waals surface area contributed by atoms with Crippen molar-refractivity contribution < 1.29 is 0 Å². The normalized spacial score (nSPS) is 12.7. The lowest BCUT2D eigenvalue weighted by atomic mass is 10.1. The fourth-order valence-corrected chi connectivity index (χ4v) is 3.23. The first-order chi connectivity index (χ1) is 12.5. The minimum Gasteiger partial charge on any atom is -0.353 e. The average molecular weight is 356 g/mol. The summed E-state index contributed by atoms with van der Waals surface area (Å²) in [5, 5.41) is 0. The molecule has 0 aliphatic rings. The number of nitrogens with zero attached hydrogens (tertiary/aromatic N) is 5. The van der Waals surface area contributed by atoms with Crippen molar-refractivity contribution in [2.24, 2.45) is 4.99 Å². The minimum absolute atomic E-state index is 0.900. The van der Waals surface area contributed by atoms with E-state index in [4.69, 9.17) is 4.98 Å². The van der Waals surface area contributed by atoms with Crippen molar-refractivity contribution in [3.63, 3.8) is 0 Å². The maximum Gasteiger partial charge on any atom is 0.175 e. The maximum absolute atomic E-state index is 5.05. The molecule has 0 spiro atoms. The Morgan fingerprint density at radius 1 is 1.19 bits per heavy atom. The summed E-state index contributed by atoms with van der Waals surface area (Å²) in [6.45, 7) is 11.4. The van der Waals surface area contributed by atoms with Crippen molar-refractivity contribution in [2.75, 3.05) is 45.7 Å². The van der Waals surface area contributed by atoms with Crippen molar-refractivity contribution in [3.05, 3.63) is 34.8 Å². The highest BCUT2D eigenvalue weighted by Crippen LogP contribution is 2.21. The lowest BCUT2D eigenvalue weighted by molar-refractivity contribution is 0.413. The van der Waals surface area contributed by atoms with E-state index in [-0.39, 0.29) is 0 Å². The summed E-state index contributed by atoms with van der Waals surface area (Å²) in [4.78, 5) is 14.2. The molecule has 5 nitrogen and oxygen atoms in total. The molecule has 0 radical (unpaired) electrons. The van der Waals surface area contributed by atoms with Gasteiger partial charge in [0.2, 0.25) is 0 Å². The molecule has 0 fully saturated rings. The number of hydrogen-bond donors (Lipinski definition) is 0. The minimum atomic E-state index is 0.900. The van der Waals surface area contributed by atoms with Gasteiger partial charge in [0.1, 0.15) is 0 Å². The quantitative estimate of drug-likeness (QED) is 0.764. The van der Waals surface area contributed by atoms with Crippen molar-refractivity contribution in [3.8, 4) is 0 Å². The van der Waals surface area contributed by atoms with E-state index in [1.807, 2.05) is 14.0 Å². The summed E-state index contributed by atoms with van der Waals surface area (Å²) in [6.07, 6.45) is 5.15. The number of aryl methyl sites for hydroxylation is 2. The van der Waals surface area contributed by atoms with Gasteiger partial charge in [-0.15, -0.1) is 0 Å². The van der Waals surface area contributed by atoms with Crippen molar-refractivity contribution in [2.45, 2.75) is 34.1 Å². The Morgan fingerprint density at radius 2 is 1.92 bits per heavy atom. The highest BCUT2D eigenvalue weighted by Gasteiger charge is 2.15. The van der Waals surface area contributed by atoms with E-state index < -0.39 is 0 Å². The summed E-state index contributed by atoms with van der Waals surface area (Å²) in [5.41, 5.74) is 5.68. The molecule has 2 rings (SSSR count). The Morgan fingerprint density at radius 3 is 2.46 bits per heavy atom. The highest BCUT2D eigenvalue weighted by atomic mass is 15.2. The Bertz CT molecular complexity index is 846. The first-order valence-electron chi connectivity index (χ1n) is 9.47. The van der Waals surface area contributed by atoms with Crippen LogP contribution in [0.4, 0.5) is 5.82 Å². The number of hydrogen-bond acceptors (Lipinski definition) is 4. The van der Waals surface area contributed by atoms with Crippen LogP contribution in [0.25, 0.3) is 17.2 Å². The predicted molar refractivity (Wildman–Crippen MR) is 113 cm³/mol. The van der Waals surface area contributed by atoms with E-state index in [0.717, 1.165) is 48.4 Å². The zero-order chi connectivity index (χ0) is 19.3. The Kier molecular flexibility index (Phi) is 6.98. The Balaban J connectivity index is 2.78. The summed E-state index contributed by atoms with van der Waals surface area (Å²) >= 11 is 0. The summed E-state index contributed by atoms with van der Waals surface area (Å²) < 4.78 is 2.17. The van der Waals surface area contributed by atoms with Crippen LogP contribution in [0.2, 0.25) is 0 Å². The number of benzene rings is 1.